The average molecular weight is 262 g/mol. The Hall–Kier alpha value is -2.15. The average Bonchev–Trinajstić information content (AvgIpc) is 3.05. The SMILES string of the molecule is CN(c1ccn2nccc2n1)C1COCC1C(=O)O. The van der Waals surface area contributed by atoms with Crippen molar-refractivity contribution in [1.82, 2.24) is 14.6 Å². The molecule has 2 aromatic heterocycles. The van der Waals surface area contributed by atoms with Crippen LogP contribution >= 0.6 is 0 Å². The van der Waals surface area contributed by atoms with Crippen LogP contribution in [0.2, 0.25) is 0 Å². The van der Waals surface area contributed by atoms with Crippen molar-refractivity contribution in [2.75, 3.05) is 25.2 Å². The number of aliphatic carboxylic acids is 1. The van der Waals surface area contributed by atoms with Crippen molar-refractivity contribution in [3.8, 4) is 0 Å². The molecule has 0 aromatic carbocycles. The van der Waals surface area contributed by atoms with Crippen LogP contribution in [0.25, 0.3) is 5.65 Å². The predicted molar refractivity (Wildman–Crippen MR) is 67.1 cm³/mol. The number of nitrogens with zero attached hydrogens (tertiary/aromatic N) is 4. The van der Waals surface area contributed by atoms with E-state index in [9.17, 15) is 9.90 Å². The molecule has 1 saturated heterocycles. The molecule has 2 aromatic rings. The quantitative estimate of drug-likeness (QED) is 0.855. The first kappa shape index (κ1) is 11.9. The molecule has 0 spiro atoms. The fourth-order valence-electron chi connectivity index (χ4n) is 2.33. The molecule has 1 fully saturated rings. The Morgan fingerprint density at radius 1 is 1.53 bits per heavy atom. The van der Waals surface area contributed by atoms with Gasteiger partial charge in [0.25, 0.3) is 0 Å². The van der Waals surface area contributed by atoms with Gasteiger partial charge in [0.1, 0.15) is 11.7 Å². The smallest absolute Gasteiger partial charge is 0.311 e. The highest BCUT2D eigenvalue weighted by Crippen LogP contribution is 2.23. The first-order valence-corrected chi connectivity index (χ1v) is 6.00. The lowest BCUT2D eigenvalue weighted by atomic mass is 10.0. The molecule has 0 radical (unpaired) electrons. The number of hydrogen-bond donors (Lipinski definition) is 1. The molecule has 2 unspecified atom stereocenters. The van der Waals surface area contributed by atoms with Gasteiger partial charge in [-0.25, -0.2) is 9.50 Å². The van der Waals surface area contributed by atoms with E-state index in [-0.39, 0.29) is 12.6 Å². The molecule has 2 atom stereocenters. The fourth-order valence-corrected chi connectivity index (χ4v) is 2.33. The molecule has 19 heavy (non-hydrogen) atoms. The summed E-state index contributed by atoms with van der Waals surface area (Å²) in [6, 6.07) is 3.42. The highest BCUT2D eigenvalue weighted by Gasteiger charge is 2.37. The summed E-state index contributed by atoms with van der Waals surface area (Å²) in [6.45, 7) is 0.652. The predicted octanol–water partition coefficient (Wildman–Crippen LogP) is 0.265. The van der Waals surface area contributed by atoms with Crippen molar-refractivity contribution < 1.29 is 14.6 Å². The Kier molecular flexibility index (Phi) is 2.83. The zero-order valence-electron chi connectivity index (χ0n) is 10.4. The van der Waals surface area contributed by atoms with Crippen LogP contribution in [0, 0.1) is 5.92 Å². The van der Waals surface area contributed by atoms with Gasteiger partial charge >= 0.3 is 5.97 Å². The van der Waals surface area contributed by atoms with E-state index in [1.165, 1.54) is 0 Å². The normalized spacial score (nSPS) is 22.8. The van der Waals surface area contributed by atoms with Gasteiger partial charge in [0.15, 0.2) is 5.65 Å². The maximum Gasteiger partial charge on any atom is 0.311 e. The van der Waals surface area contributed by atoms with E-state index in [1.807, 2.05) is 18.0 Å². The van der Waals surface area contributed by atoms with Gasteiger partial charge in [-0.15, -0.1) is 0 Å². The number of anilines is 1. The maximum atomic E-state index is 11.2. The summed E-state index contributed by atoms with van der Waals surface area (Å²) in [4.78, 5) is 17.5. The summed E-state index contributed by atoms with van der Waals surface area (Å²) in [5.74, 6) is -0.637. The first-order valence-electron chi connectivity index (χ1n) is 6.00. The molecular weight excluding hydrogens is 248 g/mol. The fraction of sp³-hybridized carbons (Fsp3) is 0.417. The van der Waals surface area contributed by atoms with Gasteiger partial charge in [-0.3, -0.25) is 4.79 Å². The molecule has 0 aliphatic carbocycles. The van der Waals surface area contributed by atoms with E-state index in [1.54, 1.807) is 23.0 Å². The molecular formula is C12H14N4O3. The maximum absolute atomic E-state index is 11.2. The van der Waals surface area contributed by atoms with E-state index >= 15 is 0 Å². The second-order valence-corrected chi connectivity index (χ2v) is 4.58. The Balaban J connectivity index is 1.89. The molecule has 1 aliphatic rings. The number of hydrogen-bond acceptors (Lipinski definition) is 5. The minimum Gasteiger partial charge on any atom is -0.481 e. The third-order valence-corrected chi connectivity index (χ3v) is 3.47. The number of likely N-dealkylation sites (N-methyl/N-ethyl adjacent to an activating group) is 1. The van der Waals surface area contributed by atoms with Crippen LogP contribution in [0.15, 0.2) is 24.5 Å². The molecule has 3 heterocycles. The lowest BCUT2D eigenvalue weighted by Crippen LogP contribution is -2.41. The van der Waals surface area contributed by atoms with Crippen LogP contribution < -0.4 is 4.90 Å². The molecule has 0 saturated carbocycles. The Bertz CT molecular complexity index is 612. The summed E-state index contributed by atoms with van der Waals surface area (Å²) < 4.78 is 6.94. The molecule has 1 aliphatic heterocycles. The zero-order chi connectivity index (χ0) is 13.4. The highest BCUT2D eigenvalue weighted by atomic mass is 16.5. The van der Waals surface area contributed by atoms with Crippen LogP contribution in [-0.4, -0.2) is 52.0 Å². The largest absolute Gasteiger partial charge is 0.481 e. The van der Waals surface area contributed by atoms with Crippen LogP contribution in [0.4, 0.5) is 5.82 Å². The van der Waals surface area contributed by atoms with E-state index in [0.29, 0.717) is 6.61 Å². The van der Waals surface area contributed by atoms with E-state index < -0.39 is 11.9 Å². The lowest BCUT2D eigenvalue weighted by molar-refractivity contribution is -0.141. The van der Waals surface area contributed by atoms with Gasteiger partial charge in [-0.05, 0) is 6.07 Å². The van der Waals surface area contributed by atoms with Crippen LogP contribution in [-0.2, 0) is 9.53 Å². The van der Waals surface area contributed by atoms with E-state index in [0.717, 1.165) is 11.5 Å². The monoisotopic (exact) mass is 262 g/mol. The highest BCUT2D eigenvalue weighted by molar-refractivity contribution is 5.72. The summed E-state index contributed by atoms with van der Waals surface area (Å²) >= 11 is 0. The van der Waals surface area contributed by atoms with Crippen LogP contribution in [0.1, 0.15) is 0 Å². The second-order valence-electron chi connectivity index (χ2n) is 4.58. The molecule has 3 rings (SSSR count). The Labute approximate surface area is 109 Å². The molecule has 7 nitrogen and oxygen atoms in total. The zero-order valence-corrected chi connectivity index (χ0v) is 10.4. The number of rotatable bonds is 3. The number of fused-ring (bicyclic) bond motifs is 1. The second kappa shape index (κ2) is 4.51. The van der Waals surface area contributed by atoms with E-state index in [2.05, 4.69) is 10.1 Å². The van der Waals surface area contributed by atoms with Crippen molar-refractivity contribution >= 4 is 17.4 Å². The summed E-state index contributed by atoms with van der Waals surface area (Å²) in [6.07, 6.45) is 3.48. The van der Waals surface area contributed by atoms with Gasteiger partial charge in [0, 0.05) is 19.3 Å². The van der Waals surface area contributed by atoms with Gasteiger partial charge < -0.3 is 14.7 Å². The summed E-state index contributed by atoms with van der Waals surface area (Å²) in [5.41, 5.74) is 0.732. The molecule has 0 bridgehead atoms. The molecule has 0 amide bonds. The van der Waals surface area contributed by atoms with Crippen molar-refractivity contribution in [3.63, 3.8) is 0 Å². The van der Waals surface area contributed by atoms with E-state index in [4.69, 9.17) is 4.74 Å². The van der Waals surface area contributed by atoms with Gasteiger partial charge in [-0.1, -0.05) is 0 Å². The topological polar surface area (TPSA) is 80.0 Å². The number of aromatic nitrogens is 3. The van der Waals surface area contributed by atoms with Crippen molar-refractivity contribution in [3.05, 3.63) is 24.5 Å². The molecule has 1 N–H and O–H groups in total. The van der Waals surface area contributed by atoms with Gasteiger partial charge in [-0.2, -0.15) is 5.10 Å². The third kappa shape index (κ3) is 2.01. The third-order valence-electron chi connectivity index (χ3n) is 3.47. The minimum atomic E-state index is -0.834. The lowest BCUT2D eigenvalue weighted by Gasteiger charge is -2.27. The number of ether oxygens (including phenoxy) is 1. The summed E-state index contributed by atoms with van der Waals surface area (Å²) in [5, 5.41) is 13.3. The van der Waals surface area contributed by atoms with Crippen LogP contribution in [0.5, 0.6) is 0 Å². The summed E-state index contributed by atoms with van der Waals surface area (Å²) in [7, 11) is 1.84. The Morgan fingerprint density at radius 2 is 2.37 bits per heavy atom. The standard InChI is InChI=1S/C12H14N4O3/c1-15(9-7-19-6-8(9)12(17)18)10-3-5-16-11(14-10)2-4-13-16/h2-5,8-9H,6-7H2,1H3,(H,17,18). The first-order chi connectivity index (χ1) is 9.16. The molecule has 7 heteroatoms. The van der Waals surface area contributed by atoms with Gasteiger partial charge in [0.2, 0.25) is 0 Å². The molecule has 100 valence electrons. The van der Waals surface area contributed by atoms with Crippen molar-refractivity contribution in [2.45, 2.75) is 6.04 Å². The van der Waals surface area contributed by atoms with Gasteiger partial charge in [0.05, 0.1) is 25.5 Å². The minimum absolute atomic E-state index is 0.199. The number of carbonyl (C=O) groups is 1. The number of carboxylic acid groups (broad SMARTS) is 1. The Morgan fingerprint density at radius 3 is 3.16 bits per heavy atom. The number of carboxylic acids is 1. The van der Waals surface area contributed by atoms with Crippen molar-refractivity contribution in [2.24, 2.45) is 5.92 Å². The van der Waals surface area contributed by atoms with Crippen molar-refractivity contribution in [1.29, 1.82) is 0 Å². The van der Waals surface area contributed by atoms with Crippen LogP contribution in [0.3, 0.4) is 0 Å².